The van der Waals surface area contributed by atoms with Crippen molar-refractivity contribution in [2.75, 3.05) is 6.61 Å². The van der Waals surface area contributed by atoms with Gasteiger partial charge in [0.05, 0.1) is 12.2 Å². The largest absolute Gasteiger partial charge is 0.459 e. The van der Waals surface area contributed by atoms with Crippen molar-refractivity contribution in [2.45, 2.75) is 95.0 Å². The van der Waals surface area contributed by atoms with Crippen molar-refractivity contribution in [3.63, 3.8) is 0 Å². The Hall–Kier alpha value is -1.26. The third-order valence-electron chi connectivity index (χ3n) is 7.69. The highest BCUT2D eigenvalue weighted by atomic mass is 19.4. The Morgan fingerprint density at radius 2 is 1.78 bits per heavy atom. The highest BCUT2D eigenvalue weighted by molar-refractivity contribution is 5.87. The van der Waals surface area contributed by atoms with Crippen LogP contribution in [0, 0.1) is 17.8 Å². The summed E-state index contributed by atoms with van der Waals surface area (Å²) in [6.45, 7) is 8.30. The van der Waals surface area contributed by atoms with Crippen LogP contribution in [0.25, 0.3) is 0 Å². The molecule has 2 aliphatic carbocycles. The summed E-state index contributed by atoms with van der Waals surface area (Å²) in [6.07, 6.45) is -3.60. The smallest absolute Gasteiger partial charge is 0.449 e. The quantitative estimate of drug-likeness (QED) is 0.330. The van der Waals surface area contributed by atoms with Crippen molar-refractivity contribution in [2.24, 2.45) is 17.8 Å². The number of esters is 1. The van der Waals surface area contributed by atoms with Gasteiger partial charge in [-0.15, -0.1) is 0 Å². The summed E-state index contributed by atoms with van der Waals surface area (Å²) in [4.78, 5) is 12.0. The monoisotopic (exact) mass is 470 g/mol. The molecule has 6 atom stereocenters. The standard InChI is InChI=1S/C22H31F5O5/c1-6-19(7-2,15-9-13-8-14(15)16(10-13)31-17(28)12(3)4)32-18(5)11-30-21(29,20(18,23)24)22(25,26)27/h13-16,29H,3,6-11H2,1-2,4-5H3. The molecule has 2 saturated carbocycles. The zero-order valence-corrected chi connectivity index (χ0v) is 18.7. The van der Waals surface area contributed by atoms with Gasteiger partial charge >= 0.3 is 23.9 Å². The molecule has 5 nitrogen and oxygen atoms in total. The molecule has 0 aromatic heterocycles. The number of ether oxygens (including phenoxy) is 3. The maximum absolute atomic E-state index is 15.1. The van der Waals surface area contributed by atoms with E-state index in [1.165, 1.54) is 6.92 Å². The molecule has 1 saturated heterocycles. The molecule has 3 aliphatic rings. The number of fused-ring (bicyclic) bond motifs is 2. The van der Waals surface area contributed by atoms with Gasteiger partial charge in [0.2, 0.25) is 0 Å². The van der Waals surface area contributed by atoms with Gasteiger partial charge in [-0.3, -0.25) is 0 Å². The van der Waals surface area contributed by atoms with Crippen molar-refractivity contribution >= 4 is 5.97 Å². The molecule has 0 radical (unpaired) electrons. The van der Waals surface area contributed by atoms with Crippen molar-refractivity contribution in [3.05, 3.63) is 12.2 Å². The van der Waals surface area contributed by atoms with Crippen LogP contribution < -0.4 is 0 Å². The van der Waals surface area contributed by atoms with E-state index >= 15 is 8.78 Å². The van der Waals surface area contributed by atoms with Crippen LogP contribution >= 0.6 is 0 Å². The summed E-state index contributed by atoms with van der Waals surface area (Å²) in [5.41, 5.74) is -3.65. The Kier molecular flexibility index (Phi) is 6.27. The predicted octanol–water partition coefficient (Wildman–Crippen LogP) is 4.77. The van der Waals surface area contributed by atoms with E-state index < -0.39 is 47.8 Å². The second-order valence-corrected chi connectivity index (χ2v) is 9.68. The SMILES string of the molecule is C=C(C)C(=O)OC1CC2CC1C(C(CC)(CC)OC1(C)COC(O)(C(F)(F)F)C1(F)F)C2. The molecule has 184 valence electrons. The highest BCUT2D eigenvalue weighted by Crippen LogP contribution is 2.60. The molecule has 10 heteroatoms. The van der Waals surface area contributed by atoms with Crippen LogP contribution in [0.5, 0.6) is 0 Å². The van der Waals surface area contributed by atoms with Crippen molar-refractivity contribution in [1.29, 1.82) is 0 Å². The van der Waals surface area contributed by atoms with Crippen LogP contribution in [0.1, 0.15) is 59.8 Å². The zero-order chi connectivity index (χ0) is 24.3. The summed E-state index contributed by atoms with van der Waals surface area (Å²) in [7, 11) is 0. The predicted molar refractivity (Wildman–Crippen MR) is 104 cm³/mol. The van der Waals surface area contributed by atoms with E-state index in [9.17, 15) is 23.1 Å². The van der Waals surface area contributed by atoms with E-state index in [4.69, 9.17) is 9.47 Å². The number of carbonyl (C=O) groups is 1. The molecule has 0 aromatic rings. The van der Waals surface area contributed by atoms with Crippen LogP contribution in [-0.4, -0.2) is 52.9 Å². The van der Waals surface area contributed by atoms with E-state index in [-0.39, 0.29) is 36.2 Å². The third kappa shape index (κ3) is 3.57. The molecule has 3 rings (SSSR count). The number of hydrogen-bond donors (Lipinski definition) is 1. The van der Waals surface area contributed by atoms with E-state index in [1.54, 1.807) is 13.8 Å². The van der Waals surface area contributed by atoms with E-state index in [0.717, 1.165) is 13.3 Å². The normalized spacial score (nSPS) is 38.8. The number of rotatable bonds is 7. The minimum atomic E-state index is -5.70. The lowest BCUT2D eigenvalue weighted by molar-refractivity contribution is -0.413. The second kappa shape index (κ2) is 7.91. The number of carbonyl (C=O) groups excluding carboxylic acids is 1. The lowest BCUT2D eigenvalue weighted by atomic mass is 9.71. The summed E-state index contributed by atoms with van der Waals surface area (Å²) in [5.74, 6) is -10.2. The van der Waals surface area contributed by atoms with Gasteiger partial charge in [0.15, 0.2) is 5.60 Å². The van der Waals surface area contributed by atoms with Crippen LogP contribution in [0.15, 0.2) is 12.2 Å². The van der Waals surface area contributed by atoms with Gasteiger partial charge in [-0.2, -0.15) is 22.0 Å². The summed E-state index contributed by atoms with van der Waals surface area (Å²) < 4.78 is 85.7. The topological polar surface area (TPSA) is 65.0 Å². The average molecular weight is 470 g/mol. The third-order valence-corrected chi connectivity index (χ3v) is 7.69. The molecule has 0 amide bonds. The number of aliphatic hydroxyl groups is 1. The number of alkyl halides is 5. The fourth-order valence-corrected chi connectivity index (χ4v) is 5.84. The van der Waals surface area contributed by atoms with Crippen LogP contribution in [0.2, 0.25) is 0 Å². The van der Waals surface area contributed by atoms with Gasteiger partial charge in [-0.25, -0.2) is 4.79 Å². The molecular weight excluding hydrogens is 439 g/mol. The van der Waals surface area contributed by atoms with Crippen molar-refractivity contribution < 1.29 is 46.1 Å². The highest BCUT2D eigenvalue weighted by Gasteiger charge is 2.82. The zero-order valence-electron chi connectivity index (χ0n) is 18.7. The Balaban J connectivity index is 1.90. The maximum atomic E-state index is 15.1. The van der Waals surface area contributed by atoms with Crippen LogP contribution in [0.3, 0.4) is 0 Å². The van der Waals surface area contributed by atoms with E-state index in [2.05, 4.69) is 11.3 Å². The first kappa shape index (κ1) is 25.4. The molecule has 1 heterocycles. The first-order valence-corrected chi connectivity index (χ1v) is 10.9. The minimum Gasteiger partial charge on any atom is -0.459 e. The molecule has 3 fully saturated rings. The average Bonchev–Trinajstić information content (AvgIpc) is 3.34. The van der Waals surface area contributed by atoms with Crippen LogP contribution in [-0.2, 0) is 19.0 Å². The van der Waals surface area contributed by atoms with Gasteiger partial charge in [-0.1, -0.05) is 20.4 Å². The van der Waals surface area contributed by atoms with Gasteiger partial charge in [0, 0.05) is 11.5 Å². The van der Waals surface area contributed by atoms with Crippen molar-refractivity contribution in [1.82, 2.24) is 0 Å². The Morgan fingerprint density at radius 3 is 2.22 bits per heavy atom. The van der Waals surface area contributed by atoms with E-state index in [0.29, 0.717) is 12.8 Å². The molecule has 32 heavy (non-hydrogen) atoms. The lowest BCUT2D eigenvalue weighted by Crippen LogP contribution is -2.65. The van der Waals surface area contributed by atoms with Gasteiger partial charge in [0.25, 0.3) is 0 Å². The molecule has 1 N–H and O–H groups in total. The molecule has 1 aliphatic heterocycles. The van der Waals surface area contributed by atoms with Crippen molar-refractivity contribution in [3.8, 4) is 0 Å². The summed E-state index contributed by atoms with van der Waals surface area (Å²) >= 11 is 0. The van der Waals surface area contributed by atoms with Gasteiger partial charge in [0.1, 0.15) is 6.10 Å². The Morgan fingerprint density at radius 1 is 1.19 bits per heavy atom. The second-order valence-electron chi connectivity index (χ2n) is 9.68. The Bertz CT molecular complexity index is 764. The molecule has 6 unspecified atom stereocenters. The lowest BCUT2D eigenvalue weighted by Gasteiger charge is -2.49. The molecule has 2 bridgehead atoms. The first-order valence-electron chi connectivity index (χ1n) is 10.9. The molecule has 0 aromatic carbocycles. The number of halogens is 5. The number of hydrogen-bond acceptors (Lipinski definition) is 5. The summed E-state index contributed by atoms with van der Waals surface area (Å²) in [6, 6.07) is 0. The fourth-order valence-electron chi connectivity index (χ4n) is 5.84. The van der Waals surface area contributed by atoms with Gasteiger partial charge < -0.3 is 19.3 Å². The first-order chi connectivity index (χ1) is 14.6. The van der Waals surface area contributed by atoms with Crippen LogP contribution in [0.4, 0.5) is 22.0 Å². The molecule has 0 spiro atoms. The fraction of sp³-hybridized carbons (Fsp3) is 0.864. The Labute approximate surface area is 184 Å². The maximum Gasteiger partial charge on any atom is 0.449 e. The minimum absolute atomic E-state index is 0.163. The molecular formula is C22H31F5O5. The van der Waals surface area contributed by atoms with E-state index in [1.807, 2.05) is 0 Å². The summed E-state index contributed by atoms with van der Waals surface area (Å²) in [5, 5.41) is 9.75. The van der Waals surface area contributed by atoms with Gasteiger partial charge in [-0.05, 0) is 57.8 Å².